The molecule has 0 saturated heterocycles. The van der Waals surface area contributed by atoms with Crippen LogP contribution in [0.4, 0.5) is 4.79 Å². The van der Waals surface area contributed by atoms with Gasteiger partial charge in [0, 0.05) is 6.54 Å². The number of rotatable bonds is 5. The van der Waals surface area contributed by atoms with Gasteiger partial charge in [-0.15, -0.1) is 6.42 Å². The lowest BCUT2D eigenvalue weighted by molar-refractivity contribution is -0.137. The zero-order valence-electron chi connectivity index (χ0n) is 10.7. The molecule has 2 amide bonds. The van der Waals surface area contributed by atoms with Crippen molar-refractivity contribution in [1.29, 1.82) is 0 Å². The Kier molecular flexibility index (Phi) is 5.50. The molecule has 1 saturated carbocycles. The van der Waals surface area contributed by atoms with Crippen molar-refractivity contribution in [2.75, 3.05) is 19.6 Å². The monoisotopic (exact) mass is 252 g/mol. The smallest absolute Gasteiger partial charge is 0.323 e. The third kappa shape index (κ3) is 4.28. The summed E-state index contributed by atoms with van der Waals surface area (Å²) >= 11 is 0. The quantitative estimate of drug-likeness (QED) is 0.721. The van der Waals surface area contributed by atoms with E-state index in [0.717, 1.165) is 11.3 Å². The maximum atomic E-state index is 11.8. The summed E-state index contributed by atoms with van der Waals surface area (Å²) in [5.41, 5.74) is 0. The lowest BCUT2D eigenvalue weighted by atomic mass is 9.98. The van der Waals surface area contributed by atoms with Crippen molar-refractivity contribution in [3.8, 4) is 12.3 Å². The molecule has 1 aliphatic rings. The van der Waals surface area contributed by atoms with Crippen molar-refractivity contribution >= 4 is 12.0 Å². The molecule has 0 radical (unpaired) electrons. The number of urea groups is 1. The van der Waals surface area contributed by atoms with Gasteiger partial charge in [0.2, 0.25) is 0 Å². The lowest BCUT2D eigenvalue weighted by Gasteiger charge is -2.21. The fraction of sp³-hybridized carbons (Fsp3) is 0.692. The average molecular weight is 252 g/mol. The van der Waals surface area contributed by atoms with Gasteiger partial charge in [-0.25, -0.2) is 4.79 Å². The van der Waals surface area contributed by atoms with Crippen molar-refractivity contribution in [2.45, 2.75) is 26.2 Å². The molecule has 2 N–H and O–H groups in total. The first kappa shape index (κ1) is 14.4. The molecule has 5 heteroatoms. The van der Waals surface area contributed by atoms with Crippen LogP contribution in [0.3, 0.4) is 0 Å². The van der Waals surface area contributed by atoms with Gasteiger partial charge in [-0.3, -0.25) is 4.79 Å². The fourth-order valence-corrected chi connectivity index (χ4v) is 2.33. The van der Waals surface area contributed by atoms with E-state index in [9.17, 15) is 9.59 Å². The number of carboxylic acid groups (broad SMARTS) is 1. The molecule has 5 nitrogen and oxygen atoms in total. The molecule has 100 valence electrons. The molecule has 0 aliphatic heterocycles. The Hall–Kier alpha value is -1.70. The second-order valence-corrected chi connectivity index (χ2v) is 4.81. The van der Waals surface area contributed by atoms with Crippen molar-refractivity contribution in [3.63, 3.8) is 0 Å². The summed E-state index contributed by atoms with van der Waals surface area (Å²) in [5.74, 6) is 2.34. The van der Waals surface area contributed by atoms with E-state index in [1.165, 1.54) is 12.8 Å². The minimum atomic E-state index is -1.06. The predicted octanol–water partition coefficient (Wildman–Crippen LogP) is 1.15. The maximum Gasteiger partial charge on any atom is 0.323 e. The zero-order chi connectivity index (χ0) is 13.5. The maximum absolute atomic E-state index is 11.8. The van der Waals surface area contributed by atoms with E-state index in [0.29, 0.717) is 18.4 Å². The summed E-state index contributed by atoms with van der Waals surface area (Å²) in [7, 11) is 0. The minimum Gasteiger partial charge on any atom is -0.480 e. The number of amides is 2. The van der Waals surface area contributed by atoms with E-state index in [-0.39, 0.29) is 13.1 Å². The van der Waals surface area contributed by atoms with Crippen molar-refractivity contribution in [3.05, 3.63) is 0 Å². The van der Waals surface area contributed by atoms with Gasteiger partial charge < -0.3 is 15.3 Å². The highest BCUT2D eigenvalue weighted by atomic mass is 16.4. The molecular formula is C13H20N2O3. The Morgan fingerprint density at radius 2 is 2.22 bits per heavy atom. The molecular weight excluding hydrogens is 232 g/mol. The summed E-state index contributed by atoms with van der Waals surface area (Å²) < 4.78 is 0. The standard InChI is InChI=1S/C13H20N2O3/c1-3-7-15(9-12(16)17)13(18)14-8-11-6-4-5-10(11)2/h1,10-11H,4-9H2,2H3,(H,14,18)(H,16,17). The molecule has 0 bridgehead atoms. The topological polar surface area (TPSA) is 69.6 Å². The van der Waals surface area contributed by atoms with Crippen LogP contribution >= 0.6 is 0 Å². The molecule has 0 aromatic rings. The first-order chi connectivity index (χ1) is 8.54. The molecule has 1 rings (SSSR count). The third-order valence-corrected chi connectivity index (χ3v) is 3.45. The SMILES string of the molecule is C#CCN(CC(=O)O)C(=O)NCC1CCCC1C. The lowest BCUT2D eigenvalue weighted by Crippen LogP contribution is -2.44. The normalized spacial score (nSPS) is 22.2. The van der Waals surface area contributed by atoms with Gasteiger partial charge in [0.15, 0.2) is 0 Å². The van der Waals surface area contributed by atoms with E-state index >= 15 is 0 Å². The largest absolute Gasteiger partial charge is 0.480 e. The molecule has 2 unspecified atom stereocenters. The molecule has 1 aliphatic carbocycles. The third-order valence-electron chi connectivity index (χ3n) is 3.45. The summed E-state index contributed by atoms with van der Waals surface area (Å²) in [6.45, 7) is 2.43. The van der Waals surface area contributed by atoms with Gasteiger partial charge in [-0.1, -0.05) is 25.7 Å². The number of hydrogen-bond acceptors (Lipinski definition) is 2. The van der Waals surface area contributed by atoms with Crippen molar-refractivity contribution in [2.24, 2.45) is 11.8 Å². The van der Waals surface area contributed by atoms with Crippen molar-refractivity contribution in [1.82, 2.24) is 10.2 Å². The zero-order valence-corrected chi connectivity index (χ0v) is 10.7. The van der Waals surface area contributed by atoms with Crippen LogP contribution in [0.25, 0.3) is 0 Å². The number of carboxylic acids is 1. The highest BCUT2D eigenvalue weighted by Gasteiger charge is 2.24. The molecule has 0 spiro atoms. The molecule has 1 fully saturated rings. The highest BCUT2D eigenvalue weighted by molar-refractivity contribution is 5.80. The van der Waals surface area contributed by atoms with Crippen LogP contribution in [0.2, 0.25) is 0 Å². The second kappa shape index (κ2) is 6.90. The summed E-state index contributed by atoms with van der Waals surface area (Å²) in [6, 6.07) is -0.394. The Labute approximate surface area is 108 Å². The first-order valence-corrected chi connectivity index (χ1v) is 6.22. The Balaban J connectivity index is 2.41. The summed E-state index contributed by atoms with van der Waals surface area (Å²) in [6.07, 6.45) is 8.64. The second-order valence-electron chi connectivity index (χ2n) is 4.81. The van der Waals surface area contributed by atoms with Crippen LogP contribution in [0.15, 0.2) is 0 Å². The van der Waals surface area contributed by atoms with Gasteiger partial charge >= 0.3 is 12.0 Å². The Bertz CT molecular complexity index is 349. The van der Waals surface area contributed by atoms with E-state index in [4.69, 9.17) is 11.5 Å². The van der Waals surface area contributed by atoms with Crippen LogP contribution in [0, 0.1) is 24.2 Å². The van der Waals surface area contributed by atoms with Crippen LogP contribution in [0.5, 0.6) is 0 Å². The van der Waals surface area contributed by atoms with E-state index in [1.54, 1.807) is 0 Å². The predicted molar refractivity (Wildman–Crippen MR) is 67.9 cm³/mol. The van der Waals surface area contributed by atoms with Gasteiger partial charge in [-0.2, -0.15) is 0 Å². The van der Waals surface area contributed by atoms with E-state index in [2.05, 4.69) is 18.2 Å². The van der Waals surface area contributed by atoms with Gasteiger partial charge in [0.1, 0.15) is 6.54 Å². The van der Waals surface area contributed by atoms with Gasteiger partial charge in [0.25, 0.3) is 0 Å². The number of aliphatic carboxylic acids is 1. The van der Waals surface area contributed by atoms with Crippen LogP contribution in [-0.2, 0) is 4.79 Å². The molecule has 0 heterocycles. The Morgan fingerprint density at radius 3 is 2.72 bits per heavy atom. The Morgan fingerprint density at radius 1 is 1.50 bits per heavy atom. The number of nitrogens with one attached hydrogen (secondary N) is 1. The highest BCUT2D eigenvalue weighted by Crippen LogP contribution is 2.30. The van der Waals surface area contributed by atoms with Crippen LogP contribution in [0.1, 0.15) is 26.2 Å². The summed E-state index contributed by atoms with van der Waals surface area (Å²) in [4.78, 5) is 23.5. The molecule has 18 heavy (non-hydrogen) atoms. The van der Waals surface area contributed by atoms with Gasteiger partial charge in [-0.05, 0) is 18.3 Å². The van der Waals surface area contributed by atoms with E-state index < -0.39 is 12.0 Å². The minimum absolute atomic E-state index is 0.0123. The van der Waals surface area contributed by atoms with E-state index in [1.807, 2.05) is 0 Å². The molecule has 0 aromatic carbocycles. The van der Waals surface area contributed by atoms with Crippen LogP contribution < -0.4 is 5.32 Å². The summed E-state index contributed by atoms with van der Waals surface area (Å²) in [5, 5.41) is 11.5. The number of terminal acetylenes is 1. The molecule has 0 aromatic heterocycles. The number of carbonyl (C=O) groups excluding carboxylic acids is 1. The van der Waals surface area contributed by atoms with Gasteiger partial charge in [0.05, 0.1) is 6.54 Å². The van der Waals surface area contributed by atoms with Crippen LogP contribution in [-0.4, -0.2) is 41.6 Å². The fourth-order valence-electron chi connectivity index (χ4n) is 2.33. The number of carbonyl (C=O) groups is 2. The first-order valence-electron chi connectivity index (χ1n) is 6.22. The number of nitrogens with zero attached hydrogens (tertiary/aromatic N) is 1. The van der Waals surface area contributed by atoms with Crippen molar-refractivity contribution < 1.29 is 14.7 Å². The average Bonchev–Trinajstić information content (AvgIpc) is 2.70. The molecule has 2 atom stereocenters. The number of hydrogen-bond donors (Lipinski definition) is 2.